The molecule has 1 aromatic heterocycles. The van der Waals surface area contributed by atoms with Gasteiger partial charge in [-0.05, 0) is 62.1 Å². The first-order chi connectivity index (χ1) is 16.4. The van der Waals surface area contributed by atoms with Crippen molar-refractivity contribution in [3.63, 3.8) is 0 Å². The molecule has 3 fully saturated rings. The first-order valence-corrected chi connectivity index (χ1v) is 12.6. The highest BCUT2D eigenvalue weighted by Gasteiger charge is 2.52. The molecule has 2 saturated carbocycles. The van der Waals surface area contributed by atoms with Gasteiger partial charge >= 0.3 is 0 Å². The summed E-state index contributed by atoms with van der Waals surface area (Å²) >= 11 is 6.29. The van der Waals surface area contributed by atoms with Crippen molar-refractivity contribution >= 4 is 40.1 Å². The van der Waals surface area contributed by atoms with E-state index in [0.717, 1.165) is 49.4 Å². The molecule has 2 aliphatic carbocycles. The van der Waals surface area contributed by atoms with Gasteiger partial charge in [-0.1, -0.05) is 30.5 Å². The van der Waals surface area contributed by atoms with E-state index in [1.165, 1.54) is 0 Å². The lowest BCUT2D eigenvalue weighted by Crippen LogP contribution is -2.49. The Balaban J connectivity index is 1.34. The molecular formula is C26H29ClN4O3. The van der Waals surface area contributed by atoms with Crippen molar-refractivity contribution in [1.29, 1.82) is 5.26 Å². The Bertz CT molecular complexity index is 1180. The fourth-order valence-corrected chi connectivity index (χ4v) is 6.16. The number of likely N-dealkylation sites (tertiary alicyclic amines) is 1. The molecule has 2 aromatic rings. The van der Waals surface area contributed by atoms with Gasteiger partial charge in [-0.15, -0.1) is 0 Å². The van der Waals surface area contributed by atoms with E-state index in [-0.39, 0.29) is 28.9 Å². The number of carbonyl (C=O) groups is 3. The summed E-state index contributed by atoms with van der Waals surface area (Å²) in [6.45, 7) is 0.533. The number of H-pyrrole nitrogens is 1. The second kappa shape index (κ2) is 9.07. The van der Waals surface area contributed by atoms with Crippen LogP contribution in [-0.4, -0.2) is 46.1 Å². The third-order valence-corrected chi connectivity index (χ3v) is 8.33. The van der Waals surface area contributed by atoms with Gasteiger partial charge < -0.3 is 15.2 Å². The largest absolute Gasteiger partial charge is 0.350 e. The Morgan fingerprint density at radius 3 is 2.79 bits per heavy atom. The van der Waals surface area contributed by atoms with Crippen molar-refractivity contribution < 1.29 is 14.4 Å². The van der Waals surface area contributed by atoms with Crippen LogP contribution >= 0.6 is 11.6 Å². The average Bonchev–Trinajstić information content (AvgIpc) is 3.43. The maximum Gasteiger partial charge on any atom is 0.271 e. The van der Waals surface area contributed by atoms with Crippen LogP contribution in [0.25, 0.3) is 10.9 Å². The number of Topliss-reactive ketones (excluding diaryl/α,β-unsaturated/α-hetero) is 1. The summed E-state index contributed by atoms with van der Waals surface area (Å²) in [7, 11) is 0. The Hall–Kier alpha value is -2.85. The number of ketones is 1. The number of nitrogens with zero attached hydrogens (tertiary/aromatic N) is 2. The lowest BCUT2D eigenvalue weighted by atomic mass is 9.67. The number of aromatic amines is 1. The standard InChI is InChI=1S/C26H29ClN4O3/c27-19-6-3-7-20-18(19)12-21(30-20)25(34)31-15-26(9-4-10-26)13-22(31)24(33)29-17(14-28)11-16-5-1-2-8-23(16)32/h3,6-7,12,16-17,22,30H,1-2,4-5,8-11,13,15H2,(H,29,33)/t16-,17-,22?/m0/s1. The highest BCUT2D eigenvalue weighted by Crippen LogP contribution is 2.50. The topological polar surface area (TPSA) is 106 Å². The molecule has 0 radical (unpaired) electrons. The number of carbonyl (C=O) groups excluding carboxylic acids is 3. The number of rotatable bonds is 5. The van der Waals surface area contributed by atoms with Crippen LogP contribution in [0.5, 0.6) is 0 Å². The quantitative estimate of drug-likeness (QED) is 0.662. The van der Waals surface area contributed by atoms with Gasteiger partial charge in [0.25, 0.3) is 5.91 Å². The summed E-state index contributed by atoms with van der Waals surface area (Å²) in [5.74, 6) is -0.522. The number of aromatic nitrogens is 1. The van der Waals surface area contributed by atoms with Crippen molar-refractivity contribution in [3.8, 4) is 6.07 Å². The minimum atomic E-state index is -0.735. The van der Waals surface area contributed by atoms with E-state index in [1.807, 2.05) is 12.1 Å². The molecule has 2 amide bonds. The monoisotopic (exact) mass is 480 g/mol. The second-order valence-electron chi connectivity index (χ2n) is 10.2. The minimum Gasteiger partial charge on any atom is -0.350 e. The number of halogens is 1. The van der Waals surface area contributed by atoms with Crippen molar-refractivity contribution in [3.05, 3.63) is 35.0 Å². The molecule has 1 saturated heterocycles. The molecule has 8 heteroatoms. The zero-order valence-electron chi connectivity index (χ0n) is 19.1. The van der Waals surface area contributed by atoms with Crippen molar-refractivity contribution in [2.75, 3.05) is 6.54 Å². The Morgan fingerprint density at radius 1 is 1.29 bits per heavy atom. The van der Waals surface area contributed by atoms with Gasteiger partial charge in [0.15, 0.2) is 0 Å². The summed E-state index contributed by atoms with van der Waals surface area (Å²) in [4.78, 5) is 44.0. The first kappa shape index (κ1) is 22.9. The number of hydrogen-bond donors (Lipinski definition) is 2. The maximum absolute atomic E-state index is 13.5. The van der Waals surface area contributed by atoms with Crippen LogP contribution < -0.4 is 5.32 Å². The number of benzene rings is 1. The van der Waals surface area contributed by atoms with Crippen LogP contribution in [0.15, 0.2) is 24.3 Å². The number of hydrogen-bond acceptors (Lipinski definition) is 4. The van der Waals surface area contributed by atoms with Crippen LogP contribution in [0, 0.1) is 22.7 Å². The van der Waals surface area contributed by atoms with Gasteiger partial charge in [0.05, 0.1) is 6.07 Å². The minimum absolute atomic E-state index is 0.0250. The van der Waals surface area contributed by atoms with Gasteiger partial charge in [-0.2, -0.15) is 5.26 Å². The van der Waals surface area contributed by atoms with E-state index in [4.69, 9.17) is 11.6 Å². The Morgan fingerprint density at radius 2 is 2.12 bits per heavy atom. The van der Waals surface area contributed by atoms with E-state index < -0.39 is 12.1 Å². The zero-order chi connectivity index (χ0) is 23.9. The van der Waals surface area contributed by atoms with Crippen molar-refractivity contribution in [1.82, 2.24) is 15.2 Å². The summed E-state index contributed by atoms with van der Waals surface area (Å²) < 4.78 is 0. The number of nitrogens with one attached hydrogen (secondary N) is 2. The number of fused-ring (bicyclic) bond motifs is 1. The molecule has 34 heavy (non-hydrogen) atoms. The zero-order valence-corrected chi connectivity index (χ0v) is 19.9. The van der Waals surface area contributed by atoms with E-state index in [2.05, 4.69) is 16.4 Å². The van der Waals surface area contributed by atoms with E-state index in [9.17, 15) is 19.6 Å². The van der Waals surface area contributed by atoms with Crippen LogP contribution in [-0.2, 0) is 9.59 Å². The molecule has 1 spiro atoms. The van der Waals surface area contributed by atoms with Gasteiger partial charge in [-0.3, -0.25) is 14.4 Å². The Kier molecular flexibility index (Phi) is 6.11. The average molecular weight is 481 g/mol. The van der Waals surface area contributed by atoms with Crippen LogP contribution in [0.1, 0.15) is 68.3 Å². The van der Waals surface area contributed by atoms with Gasteiger partial charge in [0.1, 0.15) is 23.6 Å². The summed E-state index contributed by atoms with van der Waals surface area (Å²) in [6.07, 6.45) is 7.24. The van der Waals surface area contributed by atoms with E-state index >= 15 is 0 Å². The van der Waals surface area contributed by atoms with Gasteiger partial charge in [0.2, 0.25) is 5.91 Å². The smallest absolute Gasteiger partial charge is 0.271 e. The molecular weight excluding hydrogens is 452 g/mol. The van der Waals surface area contributed by atoms with E-state index in [0.29, 0.717) is 36.5 Å². The third-order valence-electron chi connectivity index (χ3n) is 8.00. The molecule has 7 nitrogen and oxygen atoms in total. The fraction of sp³-hybridized carbons (Fsp3) is 0.538. The predicted molar refractivity (Wildman–Crippen MR) is 128 cm³/mol. The predicted octanol–water partition coefficient (Wildman–Crippen LogP) is 4.36. The summed E-state index contributed by atoms with van der Waals surface area (Å²) in [5, 5.41) is 13.9. The highest BCUT2D eigenvalue weighted by molar-refractivity contribution is 6.35. The molecule has 3 aliphatic rings. The fourth-order valence-electron chi connectivity index (χ4n) is 5.93. The SMILES string of the molecule is N#C[C@H](C[C@@H]1CCCCC1=O)NC(=O)C1CC2(CCC2)CN1C(=O)c1cc2c(Cl)cccc2[nH]1. The van der Waals surface area contributed by atoms with Crippen molar-refractivity contribution in [2.24, 2.45) is 11.3 Å². The molecule has 2 heterocycles. The lowest BCUT2D eigenvalue weighted by Gasteiger charge is -2.37. The molecule has 1 aliphatic heterocycles. The highest BCUT2D eigenvalue weighted by atomic mass is 35.5. The number of nitriles is 1. The summed E-state index contributed by atoms with van der Waals surface area (Å²) in [6, 6.07) is 8.01. The first-order valence-electron chi connectivity index (χ1n) is 12.2. The molecule has 0 bridgehead atoms. The second-order valence-corrected chi connectivity index (χ2v) is 10.6. The molecule has 178 valence electrons. The number of amides is 2. The molecule has 2 N–H and O–H groups in total. The maximum atomic E-state index is 13.5. The van der Waals surface area contributed by atoms with Crippen LogP contribution in [0.3, 0.4) is 0 Å². The Labute approximate surface area is 203 Å². The van der Waals surface area contributed by atoms with Gasteiger partial charge in [0, 0.05) is 34.8 Å². The van der Waals surface area contributed by atoms with Crippen LogP contribution in [0.4, 0.5) is 0 Å². The van der Waals surface area contributed by atoms with Crippen LogP contribution in [0.2, 0.25) is 5.02 Å². The molecule has 1 aromatic carbocycles. The van der Waals surface area contributed by atoms with Gasteiger partial charge in [-0.25, -0.2) is 0 Å². The molecule has 5 rings (SSSR count). The molecule has 1 unspecified atom stereocenters. The summed E-state index contributed by atoms with van der Waals surface area (Å²) in [5.41, 5.74) is 1.15. The third kappa shape index (κ3) is 4.20. The molecule has 3 atom stereocenters. The van der Waals surface area contributed by atoms with E-state index in [1.54, 1.807) is 17.0 Å². The van der Waals surface area contributed by atoms with Crippen molar-refractivity contribution in [2.45, 2.75) is 69.9 Å². The normalized spacial score (nSPS) is 24.6. The lowest BCUT2D eigenvalue weighted by molar-refractivity contribution is -0.127.